The first-order valence-electron chi connectivity index (χ1n) is 6.77. The van der Waals surface area contributed by atoms with Crippen molar-refractivity contribution in [3.63, 3.8) is 0 Å². The van der Waals surface area contributed by atoms with E-state index in [0.29, 0.717) is 12.5 Å². The summed E-state index contributed by atoms with van der Waals surface area (Å²) in [7, 11) is 0. The van der Waals surface area contributed by atoms with E-state index in [1.807, 2.05) is 25.1 Å². The van der Waals surface area contributed by atoms with Gasteiger partial charge in [-0.1, -0.05) is 12.1 Å². The third-order valence-electron chi connectivity index (χ3n) is 2.92. The van der Waals surface area contributed by atoms with E-state index in [0.717, 1.165) is 30.2 Å². The molecule has 0 saturated heterocycles. The maximum absolute atomic E-state index is 5.81. The van der Waals surface area contributed by atoms with Gasteiger partial charge in [0.1, 0.15) is 0 Å². The fourth-order valence-electron chi connectivity index (χ4n) is 1.97. The molecule has 1 aromatic heterocycles. The molecule has 0 saturated carbocycles. The molecule has 0 aliphatic rings. The van der Waals surface area contributed by atoms with Gasteiger partial charge in [0.15, 0.2) is 5.82 Å². The second kappa shape index (κ2) is 6.75. The molecule has 5 nitrogen and oxygen atoms in total. The highest BCUT2D eigenvalue weighted by atomic mass is 16.5. The average molecular weight is 272 g/mol. The summed E-state index contributed by atoms with van der Waals surface area (Å²) in [6.45, 7) is 6.17. The molecule has 0 fully saturated rings. The first-order chi connectivity index (χ1) is 9.72. The Hall–Kier alpha value is -2.30. The molecule has 2 rings (SSSR count). The largest absolute Gasteiger partial charge is 0.477 e. The zero-order valence-corrected chi connectivity index (χ0v) is 11.9. The predicted octanol–water partition coefficient (Wildman–Crippen LogP) is 2.48. The van der Waals surface area contributed by atoms with Gasteiger partial charge >= 0.3 is 0 Å². The van der Waals surface area contributed by atoms with Crippen LogP contribution in [0, 0.1) is 0 Å². The van der Waals surface area contributed by atoms with Gasteiger partial charge < -0.3 is 15.4 Å². The van der Waals surface area contributed by atoms with E-state index < -0.39 is 0 Å². The minimum Gasteiger partial charge on any atom is -0.477 e. The molecule has 20 heavy (non-hydrogen) atoms. The third kappa shape index (κ3) is 3.60. The van der Waals surface area contributed by atoms with Crippen LogP contribution in [0.3, 0.4) is 0 Å². The van der Waals surface area contributed by atoms with Gasteiger partial charge in [0.2, 0.25) is 5.88 Å². The summed E-state index contributed by atoms with van der Waals surface area (Å²) in [5.41, 5.74) is 7.73. The van der Waals surface area contributed by atoms with E-state index in [4.69, 9.17) is 10.5 Å². The number of ether oxygens (including phenoxy) is 1. The lowest BCUT2D eigenvalue weighted by atomic mass is 10.2. The molecule has 1 heterocycles. The number of anilines is 2. The number of nitrogen functional groups attached to an aromatic ring is 1. The lowest BCUT2D eigenvalue weighted by Gasteiger charge is -2.22. The molecule has 0 aliphatic carbocycles. The molecule has 0 unspecified atom stereocenters. The van der Waals surface area contributed by atoms with Crippen LogP contribution in [0.15, 0.2) is 36.7 Å². The molecule has 106 valence electrons. The van der Waals surface area contributed by atoms with Crippen LogP contribution in [0.4, 0.5) is 11.5 Å². The molecule has 0 aliphatic heterocycles. The Morgan fingerprint density at radius 1 is 1.25 bits per heavy atom. The SMILES string of the molecule is CCOc1cncc(N(CC)Cc2cccc(N)c2)n1. The van der Waals surface area contributed by atoms with Gasteiger partial charge in [-0.15, -0.1) is 0 Å². The molecular weight excluding hydrogens is 252 g/mol. The van der Waals surface area contributed by atoms with E-state index >= 15 is 0 Å². The van der Waals surface area contributed by atoms with Crippen molar-refractivity contribution in [3.05, 3.63) is 42.2 Å². The molecule has 0 spiro atoms. The lowest BCUT2D eigenvalue weighted by Crippen LogP contribution is -2.23. The molecule has 2 N–H and O–H groups in total. The van der Waals surface area contributed by atoms with Crippen LogP contribution in [-0.2, 0) is 6.54 Å². The molecule has 5 heteroatoms. The second-order valence-corrected chi connectivity index (χ2v) is 4.41. The summed E-state index contributed by atoms with van der Waals surface area (Å²) < 4.78 is 5.39. The Kier molecular flexibility index (Phi) is 4.76. The van der Waals surface area contributed by atoms with Crippen molar-refractivity contribution in [2.75, 3.05) is 23.8 Å². The normalized spacial score (nSPS) is 10.3. The van der Waals surface area contributed by atoms with Crippen LogP contribution in [-0.4, -0.2) is 23.1 Å². The van der Waals surface area contributed by atoms with E-state index in [2.05, 4.69) is 27.9 Å². The van der Waals surface area contributed by atoms with Crippen molar-refractivity contribution in [2.45, 2.75) is 20.4 Å². The zero-order chi connectivity index (χ0) is 14.4. The maximum Gasteiger partial charge on any atom is 0.234 e. The van der Waals surface area contributed by atoms with E-state index in [1.165, 1.54) is 0 Å². The molecule has 0 atom stereocenters. The lowest BCUT2D eigenvalue weighted by molar-refractivity contribution is 0.325. The quantitative estimate of drug-likeness (QED) is 0.818. The van der Waals surface area contributed by atoms with E-state index in [1.54, 1.807) is 12.4 Å². The summed E-state index contributed by atoms with van der Waals surface area (Å²) in [6.07, 6.45) is 3.37. The van der Waals surface area contributed by atoms with Crippen molar-refractivity contribution < 1.29 is 4.74 Å². The summed E-state index contributed by atoms with van der Waals surface area (Å²) in [5, 5.41) is 0. The van der Waals surface area contributed by atoms with Gasteiger partial charge in [0, 0.05) is 18.8 Å². The minimum absolute atomic E-state index is 0.552. The van der Waals surface area contributed by atoms with Gasteiger partial charge in [-0.2, -0.15) is 4.98 Å². The Balaban J connectivity index is 2.17. The molecule has 0 bridgehead atoms. The standard InChI is InChI=1S/C15H20N4O/c1-3-19(11-12-6-5-7-13(16)8-12)14-9-17-10-15(18-14)20-4-2/h5-10H,3-4,11,16H2,1-2H3. The van der Waals surface area contributed by atoms with E-state index in [9.17, 15) is 0 Å². The van der Waals surface area contributed by atoms with Crippen molar-refractivity contribution in [1.29, 1.82) is 0 Å². The summed E-state index contributed by atoms with van der Waals surface area (Å²) in [6, 6.07) is 7.87. The fourth-order valence-corrected chi connectivity index (χ4v) is 1.97. The number of aromatic nitrogens is 2. The monoisotopic (exact) mass is 272 g/mol. The number of benzene rings is 1. The first-order valence-corrected chi connectivity index (χ1v) is 6.77. The number of hydrogen-bond acceptors (Lipinski definition) is 5. The Morgan fingerprint density at radius 3 is 2.80 bits per heavy atom. The average Bonchev–Trinajstić information content (AvgIpc) is 2.45. The summed E-state index contributed by atoms with van der Waals surface area (Å²) in [5.74, 6) is 1.36. The zero-order valence-electron chi connectivity index (χ0n) is 11.9. The highest BCUT2D eigenvalue weighted by Crippen LogP contribution is 2.17. The molecular formula is C15H20N4O. The minimum atomic E-state index is 0.552. The van der Waals surface area contributed by atoms with E-state index in [-0.39, 0.29) is 0 Å². The van der Waals surface area contributed by atoms with Crippen LogP contribution in [0.1, 0.15) is 19.4 Å². The van der Waals surface area contributed by atoms with Crippen molar-refractivity contribution in [2.24, 2.45) is 0 Å². The molecule has 0 radical (unpaired) electrons. The van der Waals surface area contributed by atoms with Crippen LogP contribution < -0.4 is 15.4 Å². The van der Waals surface area contributed by atoms with Gasteiger partial charge in [-0.3, -0.25) is 4.98 Å². The third-order valence-corrected chi connectivity index (χ3v) is 2.92. The number of nitrogens with zero attached hydrogens (tertiary/aromatic N) is 3. The first kappa shape index (κ1) is 14.1. The van der Waals surface area contributed by atoms with Crippen molar-refractivity contribution in [3.8, 4) is 5.88 Å². The van der Waals surface area contributed by atoms with Gasteiger partial charge in [-0.25, -0.2) is 0 Å². The van der Waals surface area contributed by atoms with Gasteiger partial charge in [0.25, 0.3) is 0 Å². The van der Waals surface area contributed by atoms with Crippen LogP contribution >= 0.6 is 0 Å². The smallest absolute Gasteiger partial charge is 0.234 e. The Labute approximate surface area is 119 Å². The molecule has 1 aromatic carbocycles. The Bertz CT molecular complexity index is 559. The van der Waals surface area contributed by atoms with Crippen molar-refractivity contribution in [1.82, 2.24) is 9.97 Å². The Morgan fingerprint density at radius 2 is 2.10 bits per heavy atom. The molecule has 0 amide bonds. The number of nitrogens with two attached hydrogens (primary N) is 1. The topological polar surface area (TPSA) is 64.3 Å². The summed E-state index contributed by atoms with van der Waals surface area (Å²) >= 11 is 0. The maximum atomic E-state index is 5.81. The number of hydrogen-bond donors (Lipinski definition) is 1. The number of rotatable bonds is 6. The van der Waals surface area contributed by atoms with Crippen molar-refractivity contribution >= 4 is 11.5 Å². The van der Waals surface area contributed by atoms with Crippen LogP contribution in [0.5, 0.6) is 5.88 Å². The predicted molar refractivity (Wildman–Crippen MR) is 80.8 cm³/mol. The van der Waals surface area contributed by atoms with Crippen LogP contribution in [0.2, 0.25) is 0 Å². The van der Waals surface area contributed by atoms with Gasteiger partial charge in [0.05, 0.1) is 19.0 Å². The molecule has 2 aromatic rings. The summed E-state index contributed by atoms with van der Waals surface area (Å²) in [4.78, 5) is 10.8. The van der Waals surface area contributed by atoms with Crippen LogP contribution in [0.25, 0.3) is 0 Å². The van der Waals surface area contributed by atoms with Gasteiger partial charge in [-0.05, 0) is 31.5 Å². The second-order valence-electron chi connectivity index (χ2n) is 4.41. The highest BCUT2D eigenvalue weighted by Gasteiger charge is 2.09. The fraction of sp³-hybridized carbons (Fsp3) is 0.333. The highest BCUT2D eigenvalue weighted by molar-refractivity contribution is 5.44.